The molecule has 1 fully saturated rings. The molecule has 0 bridgehead atoms. The minimum absolute atomic E-state index is 0.792. The van der Waals surface area contributed by atoms with Crippen LogP contribution in [0.4, 0.5) is 5.69 Å². The number of pyridine rings is 1. The Labute approximate surface area is 95.7 Å². The van der Waals surface area contributed by atoms with Crippen LogP contribution >= 0.6 is 11.8 Å². The monoisotopic (exact) mass is 222 g/mol. The van der Waals surface area contributed by atoms with E-state index < -0.39 is 0 Å². The summed E-state index contributed by atoms with van der Waals surface area (Å²) in [5, 5.41) is 1.12. The number of hydrogen-bond acceptors (Lipinski definition) is 3. The second-order valence-electron chi connectivity index (χ2n) is 4.29. The first kappa shape index (κ1) is 10.8. The van der Waals surface area contributed by atoms with Gasteiger partial charge >= 0.3 is 0 Å². The number of nitrogen functional groups attached to an aromatic ring is 1. The first-order valence-corrected chi connectivity index (χ1v) is 6.60. The summed E-state index contributed by atoms with van der Waals surface area (Å²) in [6.45, 7) is 1.97. The van der Waals surface area contributed by atoms with E-state index in [9.17, 15) is 0 Å². The summed E-state index contributed by atoms with van der Waals surface area (Å²) in [5.74, 6) is 2.13. The molecule has 82 valence electrons. The number of aryl methyl sites for hydroxylation is 1. The third-order valence-electron chi connectivity index (χ3n) is 3.04. The lowest BCUT2D eigenvalue weighted by molar-refractivity contribution is 0.623. The molecule has 0 unspecified atom stereocenters. The Balaban J connectivity index is 1.90. The molecule has 1 heterocycles. The minimum Gasteiger partial charge on any atom is -0.397 e. The zero-order chi connectivity index (χ0) is 10.7. The van der Waals surface area contributed by atoms with Gasteiger partial charge in [-0.2, -0.15) is 0 Å². The maximum atomic E-state index is 5.74. The van der Waals surface area contributed by atoms with Crippen molar-refractivity contribution in [3.05, 3.63) is 17.8 Å². The summed E-state index contributed by atoms with van der Waals surface area (Å²) in [7, 11) is 0. The highest BCUT2D eigenvalue weighted by molar-refractivity contribution is 7.99. The average Bonchev–Trinajstić information content (AvgIpc) is 2.73. The quantitative estimate of drug-likeness (QED) is 0.798. The van der Waals surface area contributed by atoms with E-state index in [0.717, 1.165) is 22.3 Å². The Bertz CT molecular complexity index is 332. The van der Waals surface area contributed by atoms with Crippen LogP contribution in [0, 0.1) is 12.8 Å². The smallest absolute Gasteiger partial charge is 0.0964 e. The number of rotatable bonds is 3. The van der Waals surface area contributed by atoms with Gasteiger partial charge in [0.2, 0.25) is 0 Å². The normalized spacial score (nSPS) is 17.1. The third-order valence-corrected chi connectivity index (χ3v) is 4.20. The molecular weight excluding hydrogens is 204 g/mol. The highest BCUT2D eigenvalue weighted by Crippen LogP contribution is 2.30. The van der Waals surface area contributed by atoms with E-state index in [1.807, 2.05) is 30.8 Å². The lowest BCUT2D eigenvalue weighted by atomic mass is 10.1. The van der Waals surface area contributed by atoms with Crippen molar-refractivity contribution in [1.29, 1.82) is 0 Å². The van der Waals surface area contributed by atoms with Crippen LogP contribution in [0.3, 0.4) is 0 Å². The fourth-order valence-electron chi connectivity index (χ4n) is 2.01. The lowest BCUT2D eigenvalue weighted by Gasteiger charge is -2.08. The first-order chi connectivity index (χ1) is 7.25. The van der Waals surface area contributed by atoms with Gasteiger partial charge in [-0.25, -0.2) is 4.98 Å². The molecule has 1 aliphatic carbocycles. The fourth-order valence-corrected chi connectivity index (χ4v) is 3.11. The average molecular weight is 222 g/mol. The maximum absolute atomic E-state index is 5.74. The van der Waals surface area contributed by atoms with Crippen LogP contribution < -0.4 is 5.73 Å². The number of aromatic nitrogens is 1. The van der Waals surface area contributed by atoms with Crippen molar-refractivity contribution in [2.24, 2.45) is 5.92 Å². The molecule has 1 aromatic heterocycles. The van der Waals surface area contributed by atoms with Crippen molar-refractivity contribution in [3.8, 4) is 0 Å². The van der Waals surface area contributed by atoms with E-state index in [4.69, 9.17) is 5.73 Å². The van der Waals surface area contributed by atoms with Crippen LogP contribution in [0.5, 0.6) is 0 Å². The van der Waals surface area contributed by atoms with Gasteiger partial charge in [-0.05, 0) is 37.8 Å². The molecule has 1 saturated carbocycles. The van der Waals surface area contributed by atoms with Crippen LogP contribution in [-0.4, -0.2) is 10.7 Å². The topological polar surface area (TPSA) is 38.9 Å². The first-order valence-electron chi connectivity index (χ1n) is 5.61. The molecule has 3 heteroatoms. The second-order valence-corrected chi connectivity index (χ2v) is 5.33. The van der Waals surface area contributed by atoms with E-state index in [0.29, 0.717) is 0 Å². The predicted octanol–water partition coefficient (Wildman–Crippen LogP) is 3.25. The van der Waals surface area contributed by atoms with Crippen molar-refractivity contribution < 1.29 is 0 Å². The van der Waals surface area contributed by atoms with Gasteiger partial charge in [-0.15, -0.1) is 11.8 Å². The molecule has 0 amide bonds. The molecule has 1 aliphatic rings. The molecular formula is C12H18N2S. The zero-order valence-corrected chi connectivity index (χ0v) is 10.0. The van der Waals surface area contributed by atoms with Crippen LogP contribution in [0.15, 0.2) is 17.2 Å². The van der Waals surface area contributed by atoms with Gasteiger partial charge in [-0.1, -0.05) is 12.8 Å². The van der Waals surface area contributed by atoms with Gasteiger partial charge in [0.05, 0.1) is 16.4 Å². The predicted molar refractivity (Wildman–Crippen MR) is 66.1 cm³/mol. The van der Waals surface area contributed by atoms with E-state index in [2.05, 4.69) is 4.98 Å². The van der Waals surface area contributed by atoms with Crippen LogP contribution in [0.1, 0.15) is 31.4 Å². The second kappa shape index (κ2) is 4.88. The van der Waals surface area contributed by atoms with E-state index in [1.54, 1.807) is 0 Å². The van der Waals surface area contributed by atoms with Gasteiger partial charge < -0.3 is 5.73 Å². The maximum Gasteiger partial charge on any atom is 0.0964 e. The summed E-state index contributed by atoms with van der Waals surface area (Å²) in [6.07, 6.45) is 5.64. The molecule has 2 rings (SSSR count). The van der Waals surface area contributed by atoms with Crippen molar-refractivity contribution in [2.75, 3.05) is 11.5 Å². The van der Waals surface area contributed by atoms with E-state index in [-0.39, 0.29) is 0 Å². The Morgan fingerprint density at radius 1 is 1.40 bits per heavy atom. The van der Waals surface area contributed by atoms with Crippen molar-refractivity contribution >= 4 is 17.4 Å². The molecule has 0 spiro atoms. The van der Waals surface area contributed by atoms with Crippen LogP contribution in [0.25, 0.3) is 0 Å². The Kier molecular flexibility index (Phi) is 3.52. The number of nitrogens with two attached hydrogens (primary N) is 1. The molecule has 2 N–H and O–H groups in total. The fraction of sp³-hybridized carbons (Fsp3) is 0.583. The summed E-state index contributed by atoms with van der Waals surface area (Å²) < 4.78 is 0. The van der Waals surface area contributed by atoms with Gasteiger partial charge in [0, 0.05) is 5.75 Å². The molecule has 0 aromatic carbocycles. The Hall–Kier alpha value is -0.700. The molecule has 2 nitrogen and oxygen atoms in total. The minimum atomic E-state index is 0.792. The summed E-state index contributed by atoms with van der Waals surface area (Å²) in [4.78, 5) is 4.47. The third kappa shape index (κ3) is 2.88. The van der Waals surface area contributed by atoms with Gasteiger partial charge in [-0.3, -0.25) is 0 Å². The Morgan fingerprint density at radius 3 is 2.80 bits per heavy atom. The SMILES string of the molecule is Cc1nc(SCC2CCCC2)ccc1N. The van der Waals surface area contributed by atoms with Crippen molar-refractivity contribution in [1.82, 2.24) is 4.98 Å². The summed E-state index contributed by atoms with van der Waals surface area (Å²) >= 11 is 1.87. The van der Waals surface area contributed by atoms with Crippen LogP contribution in [0.2, 0.25) is 0 Å². The molecule has 0 atom stereocenters. The molecule has 0 saturated heterocycles. The van der Waals surface area contributed by atoms with Crippen LogP contribution in [-0.2, 0) is 0 Å². The molecule has 1 aromatic rings. The Morgan fingerprint density at radius 2 is 2.13 bits per heavy atom. The molecule has 15 heavy (non-hydrogen) atoms. The highest BCUT2D eigenvalue weighted by Gasteiger charge is 2.15. The number of thioether (sulfide) groups is 1. The largest absolute Gasteiger partial charge is 0.397 e. The van der Waals surface area contributed by atoms with E-state index >= 15 is 0 Å². The van der Waals surface area contributed by atoms with Gasteiger partial charge in [0.15, 0.2) is 0 Å². The number of nitrogens with zero attached hydrogens (tertiary/aromatic N) is 1. The molecule has 0 radical (unpaired) electrons. The van der Waals surface area contributed by atoms with Gasteiger partial charge in [0.1, 0.15) is 0 Å². The highest BCUT2D eigenvalue weighted by atomic mass is 32.2. The van der Waals surface area contributed by atoms with Crippen molar-refractivity contribution in [3.63, 3.8) is 0 Å². The summed E-state index contributed by atoms with van der Waals surface area (Å²) in [5.41, 5.74) is 7.48. The number of anilines is 1. The zero-order valence-electron chi connectivity index (χ0n) is 9.20. The number of hydrogen-bond donors (Lipinski definition) is 1. The van der Waals surface area contributed by atoms with E-state index in [1.165, 1.54) is 31.4 Å². The summed E-state index contributed by atoms with van der Waals surface area (Å²) in [6, 6.07) is 3.99. The lowest BCUT2D eigenvalue weighted by Crippen LogP contribution is -1.98. The van der Waals surface area contributed by atoms with Crippen molar-refractivity contribution in [2.45, 2.75) is 37.6 Å². The van der Waals surface area contributed by atoms with Gasteiger partial charge in [0.25, 0.3) is 0 Å². The standard InChI is InChI=1S/C12H18N2S/c1-9-11(13)6-7-12(14-9)15-8-10-4-2-3-5-10/h6-7,10H,2-5,8,13H2,1H3. The molecule has 0 aliphatic heterocycles.